The first-order valence-corrected chi connectivity index (χ1v) is 8.44. The lowest BCUT2D eigenvalue weighted by Crippen LogP contribution is -2.41. The third-order valence-electron chi connectivity index (χ3n) is 4.48. The monoisotopic (exact) mass is 312 g/mol. The number of likely N-dealkylation sites (N-methyl/N-ethyl adjacent to an activating group) is 1. The number of amides is 1. The van der Waals surface area contributed by atoms with Gasteiger partial charge in [-0.15, -0.1) is 0 Å². The molecule has 0 atom stereocenters. The summed E-state index contributed by atoms with van der Waals surface area (Å²) in [5.74, 6) is 0.869. The van der Waals surface area contributed by atoms with Crippen LogP contribution < -0.4 is 10.2 Å². The van der Waals surface area contributed by atoms with Crippen LogP contribution in [0.4, 0.5) is 5.82 Å². The molecule has 0 spiro atoms. The Labute approximate surface area is 137 Å². The van der Waals surface area contributed by atoms with Crippen molar-refractivity contribution in [2.45, 2.75) is 44.6 Å². The molecule has 0 bridgehead atoms. The van der Waals surface area contributed by atoms with Gasteiger partial charge in [0.1, 0.15) is 12.1 Å². The van der Waals surface area contributed by atoms with E-state index >= 15 is 0 Å². The van der Waals surface area contributed by atoms with E-state index in [2.05, 4.69) is 15.3 Å². The number of nitrogens with zero attached hydrogens (tertiary/aromatic N) is 3. The summed E-state index contributed by atoms with van der Waals surface area (Å²) < 4.78 is 0. The van der Waals surface area contributed by atoms with Crippen LogP contribution in [0.3, 0.4) is 0 Å². The first-order chi connectivity index (χ1) is 11.2. The molecule has 0 saturated heterocycles. The molecule has 122 valence electrons. The number of para-hydroxylation sites is 1. The van der Waals surface area contributed by atoms with E-state index in [9.17, 15) is 4.79 Å². The molecule has 23 heavy (non-hydrogen) atoms. The molecule has 5 nitrogen and oxygen atoms in total. The standard InChI is InChI=1S/C18H24N4O/c1-22(12-17(23)21-14-8-4-2-3-5-9-14)18-15-10-6-7-11-16(15)19-13-20-18/h6-7,10-11,13-14H,2-5,8-9,12H2,1H3,(H,21,23). The Balaban J connectivity index is 1.65. The van der Waals surface area contributed by atoms with Gasteiger partial charge in [-0.2, -0.15) is 0 Å². The van der Waals surface area contributed by atoms with Gasteiger partial charge in [0.25, 0.3) is 0 Å². The van der Waals surface area contributed by atoms with E-state index in [-0.39, 0.29) is 5.91 Å². The molecule has 1 N–H and O–H groups in total. The largest absolute Gasteiger partial charge is 0.352 e. The summed E-state index contributed by atoms with van der Waals surface area (Å²) >= 11 is 0. The van der Waals surface area contributed by atoms with Crippen LogP contribution >= 0.6 is 0 Å². The van der Waals surface area contributed by atoms with Crippen molar-refractivity contribution in [1.29, 1.82) is 0 Å². The van der Waals surface area contributed by atoms with Crippen LogP contribution in [0.15, 0.2) is 30.6 Å². The number of aromatic nitrogens is 2. The van der Waals surface area contributed by atoms with E-state index in [1.807, 2.05) is 36.2 Å². The summed E-state index contributed by atoms with van der Waals surface area (Å²) in [6, 6.07) is 8.21. The third kappa shape index (κ3) is 3.97. The number of anilines is 1. The van der Waals surface area contributed by atoms with Crippen LogP contribution in [-0.2, 0) is 4.79 Å². The second kappa shape index (κ2) is 7.40. The molecule has 1 fully saturated rings. The van der Waals surface area contributed by atoms with Crippen LogP contribution in [0.2, 0.25) is 0 Å². The first-order valence-electron chi connectivity index (χ1n) is 8.44. The molecular weight excluding hydrogens is 288 g/mol. The lowest BCUT2D eigenvalue weighted by molar-refractivity contribution is -0.120. The van der Waals surface area contributed by atoms with E-state index in [0.717, 1.165) is 29.6 Å². The Morgan fingerprint density at radius 1 is 1.17 bits per heavy atom. The summed E-state index contributed by atoms with van der Waals surface area (Å²) in [6.45, 7) is 0.317. The lowest BCUT2D eigenvalue weighted by atomic mass is 10.1. The number of nitrogens with one attached hydrogen (secondary N) is 1. The maximum atomic E-state index is 12.3. The Morgan fingerprint density at radius 2 is 1.91 bits per heavy atom. The second-order valence-electron chi connectivity index (χ2n) is 6.33. The van der Waals surface area contributed by atoms with Crippen molar-refractivity contribution in [2.75, 3.05) is 18.5 Å². The fraction of sp³-hybridized carbons (Fsp3) is 0.500. The van der Waals surface area contributed by atoms with Crippen molar-refractivity contribution in [1.82, 2.24) is 15.3 Å². The van der Waals surface area contributed by atoms with Crippen molar-refractivity contribution in [3.05, 3.63) is 30.6 Å². The molecule has 5 heteroatoms. The van der Waals surface area contributed by atoms with Gasteiger partial charge in [0.05, 0.1) is 12.1 Å². The zero-order valence-corrected chi connectivity index (χ0v) is 13.7. The molecule has 2 aromatic rings. The van der Waals surface area contributed by atoms with E-state index in [0.29, 0.717) is 12.6 Å². The van der Waals surface area contributed by atoms with Crippen LogP contribution in [0.5, 0.6) is 0 Å². The lowest BCUT2D eigenvalue weighted by Gasteiger charge is -2.22. The minimum absolute atomic E-state index is 0.0714. The fourth-order valence-electron chi connectivity index (χ4n) is 3.28. The molecule has 3 rings (SSSR count). The highest BCUT2D eigenvalue weighted by Crippen LogP contribution is 2.21. The highest BCUT2D eigenvalue weighted by atomic mass is 16.2. The highest BCUT2D eigenvalue weighted by molar-refractivity contribution is 5.91. The van der Waals surface area contributed by atoms with Crippen molar-refractivity contribution in [3.8, 4) is 0 Å². The highest BCUT2D eigenvalue weighted by Gasteiger charge is 2.17. The van der Waals surface area contributed by atoms with Gasteiger partial charge in [-0.05, 0) is 25.0 Å². The zero-order chi connectivity index (χ0) is 16.1. The number of hydrogen-bond acceptors (Lipinski definition) is 4. The van der Waals surface area contributed by atoms with Crippen molar-refractivity contribution in [2.24, 2.45) is 0 Å². The summed E-state index contributed by atoms with van der Waals surface area (Å²) in [4.78, 5) is 22.9. The zero-order valence-electron chi connectivity index (χ0n) is 13.7. The van der Waals surface area contributed by atoms with Crippen LogP contribution in [0.25, 0.3) is 10.9 Å². The third-order valence-corrected chi connectivity index (χ3v) is 4.48. The van der Waals surface area contributed by atoms with E-state index in [4.69, 9.17) is 0 Å². The van der Waals surface area contributed by atoms with Crippen LogP contribution in [0.1, 0.15) is 38.5 Å². The van der Waals surface area contributed by atoms with E-state index < -0.39 is 0 Å². The molecule has 1 aromatic carbocycles. The second-order valence-corrected chi connectivity index (χ2v) is 6.33. The molecule has 0 radical (unpaired) electrons. The van der Waals surface area contributed by atoms with Gasteiger partial charge in [0, 0.05) is 18.5 Å². The number of rotatable bonds is 4. The average Bonchev–Trinajstić information content (AvgIpc) is 2.82. The van der Waals surface area contributed by atoms with Gasteiger partial charge < -0.3 is 10.2 Å². The van der Waals surface area contributed by atoms with Gasteiger partial charge >= 0.3 is 0 Å². The van der Waals surface area contributed by atoms with Crippen molar-refractivity contribution >= 4 is 22.6 Å². The Bertz CT molecular complexity index is 660. The number of carbonyl (C=O) groups excluding carboxylic acids is 1. The Morgan fingerprint density at radius 3 is 2.70 bits per heavy atom. The molecule has 1 aliphatic carbocycles. The van der Waals surface area contributed by atoms with Crippen LogP contribution in [0, 0.1) is 0 Å². The Kier molecular flexibility index (Phi) is 5.05. The first kappa shape index (κ1) is 15.7. The number of carbonyl (C=O) groups is 1. The summed E-state index contributed by atoms with van der Waals surface area (Å²) in [5.41, 5.74) is 0.897. The topological polar surface area (TPSA) is 58.1 Å². The predicted octanol–water partition coefficient (Wildman–Crippen LogP) is 2.91. The van der Waals surface area contributed by atoms with E-state index in [1.165, 1.54) is 25.7 Å². The molecule has 1 amide bonds. The molecular formula is C18H24N4O. The fourth-order valence-corrected chi connectivity index (χ4v) is 3.28. The molecule has 0 unspecified atom stereocenters. The normalized spacial score (nSPS) is 16.0. The van der Waals surface area contributed by atoms with Gasteiger partial charge in [-0.25, -0.2) is 9.97 Å². The van der Waals surface area contributed by atoms with Gasteiger partial charge in [-0.1, -0.05) is 37.8 Å². The van der Waals surface area contributed by atoms with Crippen LogP contribution in [-0.4, -0.2) is 35.5 Å². The average molecular weight is 312 g/mol. The number of fused-ring (bicyclic) bond motifs is 1. The quantitative estimate of drug-likeness (QED) is 0.882. The molecule has 1 heterocycles. The van der Waals surface area contributed by atoms with Gasteiger partial charge in [0.2, 0.25) is 5.91 Å². The van der Waals surface area contributed by atoms with Gasteiger partial charge in [0.15, 0.2) is 0 Å². The maximum absolute atomic E-state index is 12.3. The number of benzene rings is 1. The molecule has 1 aliphatic rings. The SMILES string of the molecule is CN(CC(=O)NC1CCCCCC1)c1ncnc2ccccc12. The van der Waals surface area contributed by atoms with E-state index in [1.54, 1.807) is 6.33 Å². The minimum Gasteiger partial charge on any atom is -0.352 e. The molecule has 0 aliphatic heterocycles. The van der Waals surface area contributed by atoms with Gasteiger partial charge in [-0.3, -0.25) is 4.79 Å². The van der Waals surface area contributed by atoms with Crippen molar-refractivity contribution in [3.63, 3.8) is 0 Å². The predicted molar refractivity (Wildman–Crippen MR) is 92.4 cm³/mol. The summed E-state index contributed by atoms with van der Waals surface area (Å²) in [5, 5.41) is 4.16. The minimum atomic E-state index is 0.0714. The molecule has 1 aromatic heterocycles. The maximum Gasteiger partial charge on any atom is 0.239 e. The summed E-state index contributed by atoms with van der Waals surface area (Å²) in [7, 11) is 1.90. The molecule has 1 saturated carbocycles. The Hall–Kier alpha value is -2.17. The van der Waals surface area contributed by atoms with Crippen molar-refractivity contribution < 1.29 is 4.79 Å². The summed E-state index contributed by atoms with van der Waals surface area (Å²) in [6.07, 6.45) is 8.78. The number of hydrogen-bond donors (Lipinski definition) is 1. The smallest absolute Gasteiger partial charge is 0.239 e.